The third kappa shape index (κ3) is 4.92. The van der Waals surface area contributed by atoms with Gasteiger partial charge in [0.25, 0.3) is 0 Å². The van der Waals surface area contributed by atoms with Gasteiger partial charge in [0, 0.05) is 33.0 Å². The Morgan fingerprint density at radius 1 is 1.32 bits per heavy atom. The van der Waals surface area contributed by atoms with Gasteiger partial charge in [0.2, 0.25) is 9.84 Å². The lowest BCUT2D eigenvalue weighted by molar-refractivity contribution is 0.179. The van der Waals surface area contributed by atoms with E-state index in [1.165, 1.54) is 17.0 Å². The number of anilines is 1. The highest BCUT2D eigenvalue weighted by molar-refractivity contribution is 7.91. The number of ether oxygens (including phenoxy) is 1. The Morgan fingerprint density at radius 3 is 2.41 bits per heavy atom. The van der Waals surface area contributed by atoms with Crippen molar-refractivity contribution in [2.75, 3.05) is 32.6 Å². The first-order valence-corrected chi connectivity index (χ1v) is 7.97. The zero-order chi connectivity index (χ0) is 16.8. The van der Waals surface area contributed by atoms with E-state index in [0.29, 0.717) is 25.3 Å². The van der Waals surface area contributed by atoms with E-state index in [0.717, 1.165) is 12.1 Å². The predicted molar refractivity (Wildman–Crippen MR) is 77.8 cm³/mol. The number of urea groups is 1. The van der Waals surface area contributed by atoms with Gasteiger partial charge in [0.15, 0.2) is 0 Å². The number of amides is 2. The Kier molecular flexibility index (Phi) is 6.69. The minimum Gasteiger partial charge on any atom is -0.385 e. The summed E-state index contributed by atoms with van der Waals surface area (Å²) >= 11 is 0. The molecule has 0 aromatic heterocycles. The fourth-order valence-electron chi connectivity index (χ4n) is 1.60. The maximum Gasteiger partial charge on any atom is 0.341 e. The summed E-state index contributed by atoms with van der Waals surface area (Å²) in [5.74, 6) is -3.47. The van der Waals surface area contributed by atoms with E-state index in [-0.39, 0.29) is 6.03 Å². The Balaban J connectivity index is 2.66. The highest BCUT2D eigenvalue weighted by Gasteiger charge is 2.26. The Bertz CT molecular complexity index is 591. The quantitative estimate of drug-likeness (QED) is 0.775. The summed E-state index contributed by atoms with van der Waals surface area (Å²) < 4.78 is 52.2. The Labute approximate surface area is 128 Å². The van der Waals surface area contributed by atoms with Crippen molar-refractivity contribution >= 4 is 21.6 Å². The average Bonchev–Trinajstić information content (AvgIpc) is 2.47. The summed E-state index contributed by atoms with van der Waals surface area (Å²) in [4.78, 5) is 12.8. The van der Waals surface area contributed by atoms with E-state index >= 15 is 0 Å². The number of halogens is 2. The van der Waals surface area contributed by atoms with Gasteiger partial charge in [-0.3, -0.25) is 0 Å². The molecule has 0 spiro atoms. The minimum absolute atomic E-state index is 0.316. The van der Waals surface area contributed by atoms with Crippen LogP contribution in [-0.2, 0) is 14.6 Å². The lowest BCUT2D eigenvalue weighted by Gasteiger charge is -2.17. The molecule has 124 valence electrons. The van der Waals surface area contributed by atoms with Crippen LogP contribution in [-0.4, -0.2) is 52.4 Å². The summed E-state index contributed by atoms with van der Waals surface area (Å²) in [6, 6.07) is 4.19. The number of hydrogen-bond donors (Lipinski definition) is 1. The van der Waals surface area contributed by atoms with Crippen molar-refractivity contribution in [2.45, 2.75) is 17.1 Å². The molecule has 0 heterocycles. The van der Waals surface area contributed by atoms with Gasteiger partial charge in [-0.05, 0) is 30.7 Å². The molecule has 1 aromatic carbocycles. The molecular weight excluding hydrogens is 318 g/mol. The molecule has 0 fully saturated rings. The largest absolute Gasteiger partial charge is 0.385 e. The van der Waals surface area contributed by atoms with E-state index in [2.05, 4.69) is 5.32 Å². The molecule has 0 atom stereocenters. The van der Waals surface area contributed by atoms with Crippen molar-refractivity contribution in [1.29, 1.82) is 0 Å². The molecule has 0 aliphatic carbocycles. The molecule has 0 aliphatic heterocycles. The van der Waals surface area contributed by atoms with E-state index in [4.69, 9.17) is 4.74 Å². The second-order valence-electron chi connectivity index (χ2n) is 4.53. The van der Waals surface area contributed by atoms with Gasteiger partial charge in [-0.15, -0.1) is 0 Å². The molecule has 0 aliphatic rings. The van der Waals surface area contributed by atoms with Crippen LogP contribution in [0, 0.1) is 0 Å². The SMILES string of the molecule is COCCCN(C)C(=O)Nc1ccc(S(=O)(=O)C(F)F)cc1. The number of nitrogens with zero attached hydrogens (tertiary/aromatic N) is 1. The van der Waals surface area contributed by atoms with Gasteiger partial charge in [0.1, 0.15) is 0 Å². The van der Waals surface area contributed by atoms with E-state index < -0.39 is 20.5 Å². The predicted octanol–water partition coefficient (Wildman–Crippen LogP) is 2.18. The third-order valence-electron chi connectivity index (χ3n) is 2.86. The molecule has 0 bridgehead atoms. The lowest BCUT2D eigenvalue weighted by Crippen LogP contribution is -2.32. The van der Waals surface area contributed by atoms with Crippen molar-refractivity contribution in [3.8, 4) is 0 Å². The first kappa shape index (κ1) is 18.3. The van der Waals surface area contributed by atoms with Crippen molar-refractivity contribution in [3.05, 3.63) is 24.3 Å². The first-order chi connectivity index (χ1) is 10.3. The smallest absolute Gasteiger partial charge is 0.341 e. The van der Waals surface area contributed by atoms with Crippen molar-refractivity contribution in [1.82, 2.24) is 4.90 Å². The summed E-state index contributed by atoms with van der Waals surface area (Å²) in [7, 11) is -1.46. The van der Waals surface area contributed by atoms with Gasteiger partial charge >= 0.3 is 11.8 Å². The number of benzene rings is 1. The van der Waals surface area contributed by atoms with Crippen LogP contribution < -0.4 is 5.32 Å². The van der Waals surface area contributed by atoms with E-state index in [9.17, 15) is 22.0 Å². The third-order valence-corrected chi connectivity index (χ3v) is 4.26. The molecule has 0 saturated heterocycles. The summed E-state index contributed by atoms with van der Waals surface area (Å²) in [5, 5.41) is 2.54. The van der Waals surface area contributed by atoms with Crippen LogP contribution in [0.15, 0.2) is 29.2 Å². The molecular formula is C13H18F2N2O4S. The number of hydrogen-bond acceptors (Lipinski definition) is 4. The molecule has 0 radical (unpaired) electrons. The summed E-state index contributed by atoms with van der Waals surface area (Å²) in [5.41, 5.74) is 0.316. The molecule has 2 amide bonds. The van der Waals surface area contributed by atoms with E-state index in [1.54, 1.807) is 14.2 Å². The van der Waals surface area contributed by atoms with Crippen LogP contribution in [0.3, 0.4) is 0 Å². The van der Waals surface area contributed by atoms with E-state index in [1.807, 2.05) is 0 Å². The highest BCUT2D eigenvalue weighted by atomic mass is 32.2. The van der Waals surface area contributed by atoms with Gasteiger partial charge in [0.05, 0.1) is 4.90 Å². The molecule has 0 unspecified atom stereocenters. The number of alkyl halides is 2. The number of sulfone groups is 1. The summed E-state index contributed by atoms with van der Waals surface area (Å²) in [6.45, 7) is 1.01. The molecule has 1 aromatic rings. The standard InChI is InChI=1S/C13H18F2N2O4S/c1-17(8-3-9-21-2)13(18)16-10-4-6-11(7-5-10)22(19,20)12(14)15/h4-7,12H,3,8-9H2,1-2H3,(H,16,18). The second-order valence-corrected chi connectivity index (χ2v) is 6.45. The molecule has 9 heteroatoms. The number of carbonyl (C=O) groups excluding carboxylic acids is 1. The highest BCUT2D eigenvalue weighted by Crippen LogP contribution is 2.20. The maximum absolute atomic E-state index is 12.4. The minimum atomic E-state index is -4.62. The fraction of sp³-hybridized carbons (Fsp3) is 0.462. The fourth-order valence-corrected chi connectivity index (χ4v) is 2.32. The van der Waals surface area contributed by atoms with Crippen LogP contribution in [0.25, 0.3) is 0 Å². The van der Waals surface area contributed by atoms with Crippen molar-refractivity contribution < 1.29 is 26.7 Å². The first-order valence-electron chi connectivity index (χ1n) is 6.42. The molecule has 0 saturated carbocycles. The molecule has 22 heavy (non-hydrogen) atoms. The van der Waals surface area contributed by atoms with Gasteiger partial charge in [-0.25, -0.2) is 13.2 Å². The Hall–Kier alpha value is -1.74. The summed E-state index contributed by atoms with van der Waals surface area (Å²) in [6.07, 6.45) is 0.673. The normalized spacial score (nSPS) is 11.5. The van der Waals surface area contributed by atoms with Crippen LogP contribution in [0.1, 0.15) is 6.42 Å². The van der Waals surface area contributed by atoms with Crippen molar-refractivity contribution in [3.63, 3.8) is 0 Å². The number of rotatable bonds is 7. The van der Waals surface area contributed by atoms with Gasteiger partial charge in [-0.2, -0.15) is 8.78 Å². The maximum atomic E-state index is 12.4. The average molecular weight is 336 g/mol. The van der Waals surface area contributed by atoms with Gasteiger partial charge < -0.3 is 15.0 Å². The number of methoxy groups -OCH3 is 1. The second kappa shape index (κ2) is 8.04. The van der Waals surface area contributed by atoms with Crippen molar-refractivity contribution in [2.24, 2.45) is 0 Å². The lowest BCUT2D eigenvalue weighted by atomic mass is 10.3. The van der Waals surface area contributed by atoms with Gasteiger partial charge in [-0.1, -0.05) is 0 Å². The Morgan fingerprint density at radius 2 is 1.91 bits per heavy atom. The molecule has 6 nitrogen and oxygen atoms in total. The monoisotopic (exact) mass is 336 g/mol. The zero-order valence-corrected chi connectivity index (χ0v) is 13.1. The molecule has 1 rings (SSSR count). The van der Waals surface area contributed by atoms with Crippen LogP contribution in [0.4, 0.5) is 19.3 Å². The van der Waals surface area contributed by atoms with Crippen LogP contribution >= 0.6 is 0 Å². The van der Waals surface area contributed by atoms with Crippen LogP contribution in [0.5, 0.6) is 0 Å². The topological polar surface area (TPSA) is 75.7 Å². The number of carbonyl (C=O) groups is 1. The van der Waals surface area contributed by atoms with Crippen LogP contribution in [0.2, 0.25) is 0 Å². The molecule has 1 N–H and O–H groups in total. The number of nitrogens with one attached hydrogen (secondary N) is 1. The zero-order valence-electron chi connectivity index (χ0n) is 12.3.